The Morgan fingerprint density at radius 1 is 0.822 bits per heavy atom. The molecule has 0 radical (unpaired) electrons. The Bertz CT molecular complexity index is 1690. The van der Waals surface area contributed by atoms with Gasteiger partial charge in [-0.05, 0) is 72.7 Å². The maximum absolute atomic E-state index is 13.5. The second-order valence-electron chi connectivity index (χ2n) is 9.67. The molecule has 0 aliphatic heterocycles. The van der Waals surface area contributed by atoms with Crippen LogP contribution in [0.2, 0.25) is 0 Å². The fourth-order valence-corrected chi connectivity index (χ4v) is 5.25. The molecule has 0 heterocycles. The molecule has 1 atom stereocenters. The molecule has 3 N–H and O–H groups in total. The highest BCUT2D eigenvalue weighted by Gasteiger charge is 2.21. The molecule has 0 fully saturated rings. The van der Waals surface area contributed by atoms with E-state index in [1.54, 1.807) is 110 Å². The van der Waals surface area contributed by atoms with Crippen molar-refractivity contribution in [3.63, 3.8) is 0 Å². The van der Waals surface area contributed by atoms with Crippen molar-refractivity contribution in [2.75, 3.05) is 24.9 Å². The van der Waals surface area contributed by atoms with E-state index in [0.29, 0.717) is 34.7 Å². The van der Waals surface area contributed by atoms with Crippen LogP contribution in [0, 0.1) is 0 Å². The Labute approximate surface area is 266 Å². The molecule has 4 aromatic rings. The molecule has 0 spiro atoms. The Hall–Kier alpha value is -5.35. The Kier molecular flexibility index (Phi) is 11.5. The number of anilines is 2. The quantitative estimate of drug-likeness (QED) is 0.0948. The van der Waals surface area contributed by atoms with Gasteiger partial charge in [-0.2, -0.15) is 0 Å². The average molecular weight is 624 g/mol. The van der Waals surface area contributed by atoms with E-state index in [0.717, 1.165) is 4.90 Å². The van der Waals surface area contributed by atoms with Crippen LogP contribution in [0.3, 0.4) is 0 Å². The molecule has 230 valence electrons. The molecule has 10 heteroatoms. The number of carbonyl (C=O) groups excluding carboxylic acids is 4. The number of rotatable bonds is 12. The highest BCUT2D eigenvalue weighted by atomic mass is 32.2. The summed E-state index contributed by atoms with van der Waals surface area (Å²) in [6, 6.07) is 29.4. The molecular formula is C35H33N3O6S. The van der Waals surface area contributed by atoms with Crippen LogP contribution in [0.4, 0.5) is 11.4 Å². The topological polar surface area (TPSA) is 123 Å². The van der Waals surface area contributed by atoms with Crippen LogP contribution in [-0.4, -0.2) is 43.2 Å². The summed E-state index contributed by atoms with van der Waals surface area (Å²) in [4.78, 5) is 52.5. The van der Waals surface area contributed by atoms with Gasteiger partial charge in [0.15, 0.2) is 0 Å². The number of esters is 1. The normalized spacial score (nSPS) is 11.6. The standard InChI is InChI=1S/C35H33N3O6S/c1-4-31(34(41)37-29-16-9-8-15-28(29)35(42)44-3)45-27-14-10-13-25(22-27)36-33(40)30(21-23-17-19-26(43-2)20-18-23)38-32(39)24-11-6-5-7-12-24/h5-22,31H,4H2,1-3H3,(H,36,40)(H,37,41)(H,38,39)/b30-21+. The second kappa shape index (κ2) is 15.9. The summed E-state index contributed by atoms with van der Waals surface area (Å²) in [7, 11) is 2.85. The van der Waals surface area contributed by atoms with Gasteiger partial charge in [0.2, 0.25) is 5.91 Å². The lowest BCUT2D eigenvalue weighted by Crippen LogP contribution is -2.30. The molecule has 0 saturated heterocycles. The minimum Gasteiger partial charge on any atom is -0.497 e. The van der Waals surface area contributed by atoms with E-state index in [9.17, 15) is 19.2 Å². The maximum Gasteiger partial charge on any atom is 0.339 e. The van der Waals surface area contributed by atoms with E-state index in [4.69, 9.17) is 9.47 Å². The first kappa shape index (κ1) is 32.6. The number of thioether (sulfide) groups is 1. The van der Waals surface area contributed by atoms with Crippen molar-refractivity contribution >= 4 is 52.9 Å². The monoisotopic (exact) mass is 623 g/mol. The molecule has 9 nitrogen and oxygen atoms in total. The van der Waals surface area contributed by atoms with Crippen molar-refractivity contribution in [1.82, 2.24) is 5.32 Å². The summed E-state index contributed by atoms with van der Waals surface area (Å²) in [6.45, 7) is 1.89. The van der Waals surface area contributed by atoms with E-state index in [2.05, 4.69) is 16.0 Å². The first-order valence-electron chi connectivity index (χ1n) is 14.1. The van der Waals surface area contributed by atoms with Crippen molar-refractivity contribution in [2.45, 2.75) is 23.5 Å². The number of nitrogens with one attached hydrogen (secondary N) is 3. The lowest BCUT2D eigenvalue weighted by atomic mass is 10.1. The van der Waals surface area contributed by atoms with E-state index in [-0.39, 0.29) is 17.2 Å². The molecule has 45 heavy (non-hydrogen) atoms. The van der Waals surface area contributed by atoms with Crippen LogP contribution >= 0.6 is 11.8 Å². The zero-order valence-electron chi connectivity index (χ0n) is 25.0. The molecular weight excluding hydrogens is 590 g/mol. The van der Waals surface area contributed by atoms with Crippen LogP contribution in [0.25, 0.3) is 6.08 Å². The first-order valence-corrected chi connectivity index (χ1v) is 15.0. The number of ether oxygens (including phenoxy) is 2. The summed E-state index contributed by atoms with van der Waals surface area (Å²) >= 11 is 1.32. The Morgan fingerprint density at radius 3 is 2.22 bits per heavy atom. The third kappa shape index (κ3) is 9.07. The van der Waals surface area contributed by atoms with Gasteiger partial charge in [-0.25, -0.2) is 4.79 Å². The number of benzene rings is 4. The third-order valence-corrected chi connectivity index (χ3v) is 7.94. The molecule has 0 bridgehead atoms. The summed E-state index contributed by atoms with van der Waals surface area (Å²) in [5, 5.41) is 7.93. The highest BCUT2D eigenvalue weighted by Crippen LogP contribution is 2.29. The highest BCUT2D eigenvalue weighted by molar-refractivity contribution is 8.00. The molecule has 4 aromatic carbocycles. The zero-order chi connectivity index (χ0) is 32.2. The van der Waals surface area contributed by atoms with Crippen LogP contribution in [0.15, 0.2) is 114 Å². The summed E-state index contributed by atoms with van der Waals surface area (Å²) < 4.78 is 10.0. The Balaban J connectivity index is 1.51. The molecule has 3 amide bonds. The zero-order valence-corrected chi connectivity index (χ0v) is 25.9. The van der Waals surface area contributed by atoms with E-state index >= 15 is 0 Å². The summed E-state index contributed by atoms with van der Waals surface area (Å²) in [5.74, 6) is -1.12. The largest absolute Gasteiger partial charge is 0.497 e. The number of amides is 3. The van der Waals surface area contributed by atoms with Gasteiger partial charge >= 0.3 is 5.97 Å². The molecule has 4 rings (SSSR count). The summed E-state index contributed by atoms with van der Waals surface area (Å²) in [5.41, 5.74) is 2.23. The van der Waals surface area contributed by atoms with E-state index < -0.39 is 23.0 Å². The van der Waals surface area contributed by atoms with Gasteiger partial charge in [0.05, 0.1) is 30.7 Å². The summed E-state index contributed by atoms with van der Waals surface area (Å²) in [6.07, 6.45) is 2.09. The molecule has 0 saturated carbocycles. The van der Waals surface area contributed by atoms with Crippen molar-refractivity contribution < 1.29 is 28.7 Å². The predicted octanol–water partition coefficient (Wildman–Crippen LogP) is 6.40. The van der Waals surface area contributed by atoms with Gasteiger partial charge in [-0.1, -0.05) is 55.5 Å². The SMILES string of the molecule is CCC(Sc1cccc(NC(=O)/C(=C\c2ccc(OC)cc2)NC(=O)c2ccccc2)c1)C(=O)Nc1ccccc1C(=O)OC. The third-order valence-electron chi connectivity index (χ3n) is 6.58. The average Bonchev–Trinajstić information content (AvgIpc) is 3.07. The lowest BCUT2D eigenvalue weighted by molar-refractivity contribution is -0.116. The minimum absolute atomic E-state index is 0.0437. The van der Waals surface area contributed by atoms with Crippen LogP contribution in [0.1, 0.15) is 39.6 Å². The van der Waals surface area contributed by atoms with Gasteiger partial charge in [0.25, 0.3) is 11.8 Å². The van der Waals surface area contributed by atoms with Gasteiger partial charge < -0.3 is 25.4 Å². The second-order valence-corrected chi connectivity index (χ2v) is 11.0. The van der Waals surface area contributed by atoms with Gasteiger partial charge in [0.1, 0.15) is 11.4 Å². The van der Waals surface area contributed by atoms with E-state index in [1.807, 2.05) is 13.0 Å². The number of methoxy groups -OCH3 is 2. The predicted molar refractivity (Wildman–Crippen MR) is 176 cm³/mol. The van der Waals surface area contributed by atoms with Crippen molar-refractivity contribution in [3.8, 4) is 5.75 Å². The molecule has 0 aromatic heterocycles. The number of hydrogen-bond acceptors (Lipinski definition) is 7. The maximum atomic E-state index is 13.5. The lowest BCUT2D eigenvalue weighted by Gasteiger charge is -2.17. The molecule has 1 unspecified atom stereocenters. The molecule has 0 aliphatic carbocycles. The minimum atomic E-state index is -0.546. The van der Waals surface area contributed by atoms with Gasteiger partial charge in [0, 0.05) is 16.1 Å². The van der Waals surface area contributed by atoms with Crippen LogP contribution in [0.5, 0.6) is 5.75 Å². The fourth-order valence-electron chi connectivity index (χ4n) is 4.23. The smallest absolute Gasteiger partial charge is 0.339 e. The fraction of sp³-hybridized carbons (Fsp3) is 0.143. The van der Waals surface area contributed by atoms with Gasteiger partial charge in [-0.15, -0.1) is 11.8 Å². The van der Waals surface area contributed by atoms with E-state index in [1.165, 1.54) is 18.9 Å². The Morgan fingerprint density at radius 2 is 1.53 bits per heavy atom. The number of carbonyl (C=O) groups is 4. The number of hydrogen-bond donors (Lipinski definition) is 3. The van der Waals surface area contributed by atoms with Crippen LogP contribution < -0.4 is 20.7 Å². The molecule has 0 aliphatic rings. The van der Waals surface area contributed by atoms with Gasteiger partial charge in [-0.3, -0.25) is 14.4 Å². The van der Waals surface area contributed by atoms with Crippen molar-refractivity contribution in [1.29, 1.82) is 0 Å². The van der Waals surface area contributed by atoms with Crippen molar-refractivity contribution in [3.05, 3.63) is 126 Å². The first-order chi connectivity index (χ1) is 21.8. The number of para-hydroxylation sites is 1. The van der Waals surface area contributed by atoms with Crippen molar-refractivity contribution in [2.24, 2.45) is 0 Å². The van der Waals surface area contributed by atoms with Crippen LogP contribution in [-0.2, 0) is 14.3 Å².